The average Bonchev–Trinajstić information content (AvgIpc) is 2.67. The SMILES string of the molecule is CCOCCOc1cccc(C(=O)NC(=S)Nc2ccc([N+](=O)[O-])cc2O)c1. The van der Waals surface area contributed by atoms with Crippen LogP contribution in [0.3, 0.4) is 0 Å². The van der Waals surface area contributed by atoms with E-state index in [0.717, 1.165) is 6.07 Å². The molecule has 148 valence electrons. The largest absolute Gasteiger partial charge is 0.506 e. The van der Waals surface area contributed by atoms with Crippen molar-refractivity contribution in [3.05, 3.63) is 58.1 Å². The molecule has 0 radical (unpaired) electrons. The molecule has 0 saturated heterocycles. The second kappa shape index (κ2) is 10.2. The van der Waals surface area contributed by atoms with Gasteiger partial charge in [0.1, 0.15) is 18.1 Å². The summed E-state index contributed by atoms with van der Waals surface area (Å²) in [6.07, 6.45) is 0. The average molecular weight is 405 g/mol. The van der Waals surface area contributed by atoms with Crippen molar-refractivity contribution in [2.24, 2.45) is 0 Å². The van der Waals surface area contributed by atoms with Gasteiger partial charge in [-0.2, -0.15) is 0 Å². The van der Waals surface area contributed by atoms with E-state index in [1.165, 1.54) is 12.1 Å². The second-order valence-corrected chi connectivity index (χ2v) is 5.85. The van der Waals surface area contributed by atoms with Crippen LogP contribution in [-0.2, 0) is 4.74 Å². The highest BCUT2D eigenvalue weighted by atomic mass is 32.1. The van der Waals surface area contributed by atoms with Crippen molar-refractivity contribution in [1.29, 1.82) is 0 Å². The van der Waals surface area contributed by atoms with Crippen LogP contribution in [-0.4, -0.2) is 40.9 Å². The van der Waals surface area contributed by atoms with Gasteiger partial charge in [-0.1, -0.05) is 6.07 Å². The number of thiocarbonyl (C=S) groups is 1. The van der Waals surface area contributed by atoms with Gasteiger partial charge in [0.15, 0.2) is 5.11 Å². The van der Waals surface area contributed by atoms with Gasteiger partial charge >= 0.3 is 0 Å². The molecule has 10 heteroatoms. The van der Waals surface area contributed by atoms with E-state index in [1.807, 2.05) is 6.92 Å². The Morgan fingerprint density at radius 1 is 1.25 bits per heavy atom. The summed E-state index contributed by atoms with van der Waals surface area (Å²) in [5.41, 5.74) is 0.189. The van der Waals surface area contributed by atoms with Gasteiger partial charge in [-0.05, 0) is 43.4 Å². The predicted octanol–water partition coefficient (Wildman–Crippen LogP) is 2.84. The monoisotopic (exact) mass is 405 g/mol. The van der Waals surface area contributed by atoms with Crippen molar-refractivity contribution in [1.82, 2.24) is 5.32 Å². The molecule has 0 saturated carbocycles. The maximum absolute atomic E-state index is 12.3. The molecular formula is C18H19N3O6S. The molecule has 0 heterocycles. The van der Waals surface area contributed by atoms with Crippen molar-refractivity contribution < 1.29 is 24.3 Å². The molecular weight excluding hydrogens is 386 g/mol. The maximum atomic E-state index is 12.3. The van der Waals surface area contributed by atoms with Crippen LogP contribution >= 0.6 is 12.2 Å². The Morgan fingerprint density at radius 2 is 2.04 bits per heavy atom. The Hall–Kier alpha value is -3.24. The highest BCUT2D eigenvalue weighted by Crippen LogP contribution is 2.27. The third-order valence-electron chi connectivity index (χ3n) is 3.46. The van der Waals surface area contributed by atoms with Crippen LogP contribution < -0.4 is 15.4 Å². The molecule has 0 aliphatic heterocycles. The Balaban J connectivity index is 1.95. The summed E-state index contributed by atoms with van der Waals surface area (Å²) in [5.74, 6) is -0.330. The summed E-state index contributed by atoms with van der Waals surface area (Å²) < 4.78 is 10.7. The maximum Gasteiger partial charge on any atom is 0.273 e. The summed E-state index contributed by atoms with van der Waals surface area (Å²) in [6, 6.07) is 10.0. The number of non-ortho nitro benzene ring substituents is 1. The molecule has 0 aromatic heterocycles. The quantitative estimate of drug-likeness (QED) is 0.201. The smallest absolute Gasteiger partial charge is 0.273 e. The third kappa shape index (κ3) is 6.18. The number of anilines is 1. The van der Waals surface area contributed by atoms with Crippen molar-refractivity contribution in [2.45, 2.75) is 6.92 Å². The molecule has 3 N–H and O–H groups in total. The van der Waals surface area contributed by atoms with Gasteiger partial charge in [-0.15, -0.1) is 0 Å². The first-order valence-corrected chi connectivity index (χ1v) is 8.72. The Bertz CT molecular complexity index is 874. The number of carbonyl (C=O) groups is 1. The number of nitrogens with one attached hydrogen (secondary N) is 2. The number of aromatic hydroxyl groups is 1. The number of hydrogen-bond donors (Lipinski definition) is 3. The van der Waals surface area contributed by atoms with Crippen LogP contribution in [0.4, 0.5) is 11.4 Å². The highest BCUT2D eigenvalue weighted by Gasteiger charge is 2.13. The number of ether oxygens (including phenoxy) is 2. The van der Waals surface area contributed by atoms with E-state index in [2.05, 4.69) is 10.6 Å². The predicted molar refractivity (Wildman–Crippen MR) is 107 cm³/mol. The number of rotatable bonds is 8. The number of hydrogen-bond acceptors (Lipinski definition) is 7. The van der Waals surface area contributed by atoms with Crippen LogP contribution in [0, 0.1) is 10.1 Å². The van der Waals surface area contributed by atoms with Gasteiger partial charge in [-0.3, -0.25) is 20.2 Å². The molecule has 2 rings (SSSR count). The summed E-state index contributed by atoms with van der Waals surface area (Å²) in [4.78, 5) is 22.4. The van der Waals surface area contributed by atoms with Gasteiger partial charge in [0, 0.05) is 18.2 Å². The van der Waals surface area contributed by atoms with Crippen LogP contribution in [0.25, 0.3) is 0 Å². The lowest BCUT2D eigenvalue weighted by Crippen LogP contribution is -2.34. The van der Waals surface area contributed by atoms with Crippen molar-refractivity contribution >= 4 is 34.6 Å². The van der Waals surface area contributed by atoms with E-state index in [4.69, 9.17) is 21.7 Å². The standard InChI is InChI=1S/C18H19N3O6S/c1-2-26-8-9-27-14-5-3-4-12(10-14)17(23)20-18(28)19-15-7-6-13(21(24)25)11-16(15)22/h3-7,10-11,22H,2,8-9H2,1H3,(H2,19,20,23,28). The van der Waals surface area contributed by atoms with Gasteiger partial charge in [0.05, 0.1) is 23.3 Å². The van der Waals surface area contributed by atoms with E-state index in [-0.39, 0.29) is 22.2 Å². The fourth-order valence-corrected chi connectivity index (χ4v) is 2.36. The minimum absolute atomic E-state index is 0.0724. The van der Waals surface area contributed by atoms with Gasteiger partial charge in [-0.25, -0.2) is 0 Å². The molecule has 0 aliphatic rings. The van der Waals surface area contributed by atoms with E-state index in [1.54, 1.807) is 24.3 Å². The number of carbonyl (C=O) groups excluding carboxylic acids is 1. The molecule has 0 bridgehead atoms. The fourth-order valence-electron chi connectivity index (χ4n) is 2.16. The Morgan fingerprint density at radius 3 is 2.71 bits per heavy atom. The Labute approximate surface area is 166 Å². The number of nitrogens with zero attached hydrogens (tertiary/aromatic N) is 1. The van der Waals surface area contributed by atoms with Crippen LogP contribution in [0.1, 0.15) is 17.3 Å². The molecule has 9 nitrogen and oxygen atoms in total. The molecule has 1 amide bonds. The summed E-state index contributed by atoms with van der Waals surface area (Å²) in [5, 5.41) is 25.5. The summed E-state index contributed by atoms with van der Waals surface area (Å²) in [6.45, 7) is 3.29. The molecule has 0 atom stereocenters. The zero-order valence-electron chi connectivity index (χ0n) is 15.0. The molecule has 0 spiro atoms. The molecule has 28 heavy (non-hydrogen) atoms. The Kier molecular flexibility index (Phi) is 7.66. The first kappa shape index (κ1) is 21.1. The number of nitro benzene ring substituents is 1. The molecule has 0 fully saturated rings. The van der Waals surface area contributed by atoms with E-state index < -0.39 is 10.8 Å². The first-order chi connectivity index (χ1) is 13.4. The molecule has 2 aromatic rings. The highest BCUT2D eigenvalue weighted by molar-refractivity contribution is 7.80. The second-order valence-electron chi connectivity index (χ2n) is 5.44. The first-order valence-electron chi connectivity index (χ1n) is 8.31. The van der Waals surface area contributed by atoms with Crippen LogP contribution in [0.15, 0.2) is 42.5 Å². The third-order valence-corrected chi connectivity index (χ3v) is 3.67. The molecule has 2 aromatic carbocycles. The fraction of sp³-hybridized carbons (Fsp3) is 0.222. The van der Waals surface area contributed by atoms with Crippen molar-refractivity contribution in [3.8, 4) is 11.5 Å². The number of nitro groups is 1. The summed E-state index contributed by atoms with van der Waals surface area (Å²) in [7, 11) is 0. The lowest BCUT2D eigenvalue weighted by atomic mass is 10.2. The minimum Gasteiger partial charge on any atom is -0.506 e. The zero-order valence-corrected chi connectivity index (χ0v) is 15.8. The minimum atomic E-state index is -0.632. The van der Waals surface area contributed by atoms with Crippen molar-refractivity contribution in [2.75, 3.05) is 25.1 Å². The topological polar surface area (TPSA) is 123 Å². The van der Waals surface area contributed by atoms with Gasteiger partial charge in [0.2, 0.25) is 0 Å². The van der Waals surface area contributed by atoms with E-state index in [0.29, 0.717) is 31.1 Å². The van der Waals surface area contributed by atoms with Crippen LogP contribution in [0.2, 0.25) is 0 Å². The number of benzene rings is 2. The number of amides is 1. The molecule has 0 aliphatic carbocycles. The zero-order chi connectivity index (χ0) is 20.5. The summed E-state index contributed by atoms with van der Waals surface area (Å²) >= 11 is 5.05. The van der Waals surface area contributed by atoms with Crippen LogP contribution in [0.5, 0.6) is 11.5 Å². The lowest BCUT2D eigenvalue weighted by Gasteiger charge is -2.11. The van der Waals surface area contributed by atoms with Crippen molar-refractivity contribution in [3.63, 3.8) is 0 Å². The van der Waals surface area contributed by atoms with E-state index in [9.17, 15) is 20.0 Å². The van der Waals surface area contributed by atoms with Gasteiger partial charge in [0.25, 0.3) is 11.6 Å². The normalized spacial score (nSPS) is 10.2. The number of phenols is 1. The van der Waals surface area contributed by atoms with Gasteiger partial charge < -0.3 is 19.9 Å². The van der Waals surface area contributed by atoms with E-state index >= 15 is 0 Å². The lowest BCUT2D eigenvalue weighted by molar-refractivity contribution is -0.384. The molecule has 0 unspecified atom stereocenters. The number of phenolic OH excluding ortho intramolecular Hbond substituents is 1.